The molecule has 0 aliphatic carbocycles. The van der Waals surface area contributed by atoms with Gasteiger partial charge in [-0.1, -0.05) is 17.3 Å². The van der Waals surface area contributed by atoms with E-state index in [-0.39, 0.29) is 6.61 Å². The van der Waals surface area contributed by atoms with Crippen molar-refractivity contribution in [2.75, 3.05) is 0 Å². The van der Waals surface area contributed by atoms with Gasteiger partial charge < -0.3 is 9.26 Å². The zero-order valence-electron chi connectivity index (χ0n) is 12.4. The molecule has 0 aromatic carbocycles. The Morgan fingerprint density at radius 3 is 2.71 bits per heavy atom. The third-order valence-corrected chi connectivity index (χ3v) is 3.67. The van der Waals surface area contributed by atoms with Crippen LogP contribution in [-0.4, -0.2) is 24.5 Å². The standard InChI is InChI=1S/C16H11N5O2S/c1-2-8-17-11(4-1)12-5-3-6-13(18-12)16-19-15(23-20-16)10-22-14-7-9-24-21-14/h1-9H,10H2. The highest BCUT2D eigenvalue weighted by molar-refractivity contribution is 7.03. The maximum atomic E-state index is 5.45. The van der Waals surface area contributed by atoms with Crippen LogP contribution < -0.4 is 4.74 Å². The second-order valence-corrected chi connectivity index (χ2v) is 5.43. The Kier molecular flexibility index (Phi) is 3.95. The highest BCUT2D eigenvalue weighted by Gasteiger charge is 2.12. The summed E-state index contributed by atoms with van der Waals surface area (Å²) in [7, 11) is 0. The van der Waals surface area contributed by atoms with E-state index in [1.165, 1.54) is 11.5 Å². The summed E-state index contributed by atoms with van der Waals surface area (Å²) in [5, 5.41) is 5.79. The van der Waals surface area contributed by atoms with Crippen molar-refractivity contribution >= 4 is 11.5 Å². The fourth-order valence-electron chi connectivity index (χ4n) is 2.05. The number of hydrogen-bond donors (Lipinski definition) is 0. The van der Waals surface area contributed by atoms with Crippen molar-refractivity contribution in [1.29, 1.82) is 0 Å². The topological polar surface area (TPSA) is 86.8 Å². The zero-order valence-corrected chi connectivity index (χ0v) is 13.2. The first-order valence-corrected chi connectivity index (χ1v) is 7.97. The minimum absolute atomic E-state index is 0.163. The van der Waals surface area contributed by atoms with Gasteiger partial charge in [-0.05, 0) is 35.8 Å². The van der Waals surface area contributed by atoms with E-state index in [0.717, 1.165) is 11.4 Å². The lowest BCUT2D eigenvalue weighted by Crippen LogP contribution is -1.96. The Balaban J connectivity index is 1.54. The van der Waals surface area contributed by atoms with Crippen LogP contribution in [0.3, 0.4) is 0 Å². The number of nitrogens with zero attached hydrogens (tertiary/aromatic N) is 5. The fourth-order valence-corrected chi connectivity index (χ4v) is 2.50. The van der Waals surface area contributed by atoms with E-state index in [9.17, 15) is 0 Å². The van der Waals surface area contributed by atoms with Gasteiger partial charge in [-0.15, -0.1) is 0 Å². The van der Waals surface area contributed by atoms with Gasteiger partial charge in [0, 0.05) is 17.6 Å². The molecule has 0 N–H and O–H groups in total. The molecular formula is C16H11N5O2S. The average Bonchev–Trinajstić information content (AvgIpc) is 3.33. The first kappa shape index (κ1) is 14.5. The van der Waals surface area contributed by atoms with Crippen molar-refractivity contribution in [3.63, 3.8) is 0 Å². The predicted octanol–water partition coefficient (Wildman–Crippen LogP) is 3.23. The molecule has 0 aliphatic heterocycles. The highest BCUT2D eigenvalue weighted by atomic mass is 32.1. The number of aromatic nitrogens is 5. The normalized spacial score (nSPS) is 10.7. The molecule has 24 heavy (non-hydrogen) atoms. The van der Waals surface area contributed by atoms with Crippen LogP contribution in [0.25, 0.3) is 22.9 Å². The van der Waals surface area contributed by atoms with Crippen LogP contribution in [-0.2, 0) is 6.61 Å². The van der Waals surface area contributed by atoms with E-state index in [1.54, 1.807) is 12.3 Å². The quantitative estimate of drug-likeness (QED) is 0.552. The van der Waals surface area contributed by atoms with Crippen molar-refractivity contribution < 1.29 is 9.26 Å². The maximum Gasteiger partial charge on any atom is 0.265 e. The summed E-state index contributed by atoms with van der Waals surface area (Å²) < 4.78 is 14.7. The lowest BCUT2D eigenvalue weighted by molar-refractivity contribution is 0.237. The first-order valence-electron chi connectivity index (χ1n) is 7.13. The first-order chi connectivity index (χ1) is 11.9. The van der Waals surface area contributed by atoms with E-state index in [1.807, 2.05) is 41.8 Å². The molecule has 0 amide bonds. The van der Waals surface area contributed by atoms with Gasteiger partial charge in [-0.2, -0.15) is 9.36 Å². The van der Waals surface area contributed by atoms with Crippen LogP contribution in [0, 0.1) is 0 Å². The SMILES string of the molecule is c1ccc(-c2cccc(-c3noc(COc4ccsn4)n3)n2)nc1. The molecule has 0 saturated carbocycles. The minimum Gasteiger partial charge on any atom is -0.467 e. The minimum atomic E-state index is 0.163. The molecule has 0 unspecified atom stereocenters. The van der Waals surface area contributed by atoms with Gasteiger partial charge in [0.05, 0.1) is 11.4 Å². The largest absolute Gasteiger partial charge is 0.467 e. The van der Waals surface area contributed by atoms with Gasteiger partial charge in [0.15, 0.2) is 6.61 Å². The smallest absolute Gasteiger partial charge is 0.265 e. The third kappa shape index (κ3) is 3.13. The summed E-state index contributed by atoms with van der Waals surface area (Å²) in [6.45, 7) is 0.163. The van der Waals surface area contributed by atoms with Gasteiger partial charge in [0.1, 0.15) is 5.69 Å². The van der Waals surface area contributed by atoms with Crippen molar-refractivity contribution in [3.8, 4) is 28.8 Å². The Morgan fingerprint density at radius 1 is 0.958 bits per heavy atom. The molecule has 0 radical (unpaired) electrons. The maximum absolute atomic E-state index is 5.45. The van der Waals surface area contributed by atoms with Crippen LogP contribution in [0.2, 0.25) is 0 Å². The molecule has 0 bridgehead atoms. The summed E-state index contributed by atoms with van der Waals surface area (Å²) in [5.74, 6) is 1.31. The summed E-state index contributed by atoms with van der Waals surface area (Å²) >= 11 is 1.32. The van der Waals surface area contributed by atoms with Crippen molar-refractivity contribution in [2.45, 2.75) is 6.61 Å². The molecule has 4 heterocycles. The number of rotatable bonds is 5. The Morgan fingerprint density at radius 2 is 1.88 bits per heavy atom. The molecule has 0 fully saturated rings. The van der Waals surface area contributed by atoms with Crippen molar-refractivity contribution in [2.24, 2.45) is 0 Å². The zero-order chi connectivity index (χ0) is 16.2. The third-order valence-electron chi connectivity index (χ3n) is 3.13. The van der Waals surface area contributed by atoms with Crippen LogP contribution in [0.5, 0.6) is 5.88 Å². The van der Waals surface area contributed by atoms with E-state index >= 15 is 0 Å². The van der Waals surface area contributed by atoms with E-state index < -0.39 is 0 Å². The van der Waals surface area contributed by atoms with Crippen LogP contribution in [0.1, 0.15) is 5.89 Å². The van der Waals surface area contributed by atoms with Crippen molar-refractivity contribution in [3.05, 3.63) is 59.9 Å². The highest BCUT2D eigenvalue weighted by Crippen LogP contribution is 2.19. The molecule has 0 spiro atoms. The molecular weight excluding hydrogens is 326 g/mol. The Hall–Kier alpha value is -3.13. The second-order valence-electron chi connectivity index (χ2n) is 4.76. The molecule has 4 rings (SSSR count). The monoisotopic (exact) mass is 337 g/mol. The van der Waals surface area contributed by atoms with E-state index in [2.05, 4.69) is 24.5 Å². The molecule has 8 heteroatoms. The number of hydrogen-bond acceptors (Lipinski definition) is 8. The van der Waals surface area contributed by atoms with Crippen LogP contribution in [0.15, 0.2) is 58.6 Å². The molecule has 0 atom stereocenters. The molecule has 0 aliphatic rings. The molecule has 4 aromatic heterocycles. The van der Waals surface area contributed by atoms with Gasteiger partial charge in [-0.3, -0.25) is 4.98 Å². The molecule has 0 saturated heterocycles. The van der Waals surface area contributed by atoms with Gasteiger partial charge >= 0.3 is 0 Å². The molecule has 118 valence electrons. The Bertz CT molecular complexity index is 925. The van der Waals surface area contributed by atoms with Crippen LogP contribution >= 0.6 is 11.5 Å². The predicted molar refractivity (Wildman–Crippen MR) is 87.2 cm³/mol. The summed E-state index contributed by atoms with van der Waals surface area (Å²) in [5.41, 5.74) is 2.15. The second kappa shape index (κ2) is 6.55. The summed E-state index contributed by atoms with van der Waals surface area (Å²) in [6, 6.07) is 13.0. The lowest BCUT2D eigenvalue weighted by atomic mass is 10.2. The fraction of sp³-hybridized carbons (Fsp3) is 0.0625. The molecule has 7 nitrogen and oxygen atoms in total. The van der Waals surface area contributed by atoms with E-state index in [4.69, 9.17) is 9.26 Å². The Labute approximate surface area is 141 Å². The summed E-state index contributed by atoms with van der Waals surface area (Å²) in [4.78, 5) is 13.1. The van der Waals surface area contributed by atoms with Crippen molar-refractivity contribution in [1.82, 2.24) is 24.5 Å². The average molecular weight is 337 g/mol. The van der Waals surface area contributed by atoms with E-state index in [0.29, 0.717) is 23.3 Å². The summed E-state index contributed by atoms with van der Waals surface area (Å²) in [6.07, 6.45) is 1.73. The molecule has 4 aromatic rings. The number of ether oxygens (including phenoxy) is 1. The van der Waals surface area contributed by atoms with Gasteiger partial charge in [-0.25, -0.2) is 4.98 Å². The number of pyridine rings is 2. The van der Waals surface area contributed by atoms with Crippen LogP contribution in [0.4, 0.5) is 0 Å². The van der Waals surface area contributed by atoms with Gasteiger partial charge in [0.2, 0.25) is 11.7 Å². The lowest BCUT2D eigenvalue weighted by Gasteiger charge is -2.00. The van der Waals surface area contributed by atoms with Gasteiger partial charge in [0.25, 0.3) is 5.89 Å².